The summed E-state index contributed by atoms with van der Waals surface area (Å²) in [6.45, 7) is 2.48. The minimum atomic E-state index is -0.342. The van der Waals surface area contributed by atoms with E-state index in [1.165, 1.54) is 38.2 Å². The van der Waals surface area contributed by atoms with E-state index in [0.717, 1.165) is 36.5 Å². The van der Waals surface area contributed by atoms with Crippen LogP contribution in [0.25, 0.3) is 0 Å². The van der Waals surface area contributed by atoms with Crippen molar-refractivity contribution in [1.82, 2.24) is 4.90 Å². The first-order valence-corrected chi connectivity index (χ1v) is 11.3. The van der Waals surface area contributed by atoms with E-state index >= 15 is 0 Å². The van der Waals surface area contributed by atoms with Crippen LogP contribution in [-0.2, 0) is 19.5 Å². The molecule has 0 bridgehead atoms. The van der Waals surface area contributed by atoms with Gasteiger partial charge in [0.2, 0.25) is 5.75 Å². The number of nitrogens with zero attached hydrogens (tertiary/aromatic N) is 2. The average molecular weight is 500 g/mol. The van der Waals surface area contributed by atoms with E-state index in [1.54, 1.807) is 12.1 Å². The Balaban J connectivity index is 0.00000324. The van der Waals surface area contributed by atoms with Gasteiger partial charge in [0.15, 0.2) is 11.5 Å². The van der Waals surface area contributed by atoms with Crippen molar-refractivity contribution in [3.05, 3.63) is 69.6 Å². The highest BCUT2D eigenvalue weighted by Crippen LogP contribution is 2.40. The summed E-state index contributed by atoms with van der Waals surface area (Å²) in [5.74, 6) is 0.860. The predicted molar refractivity (Wildman–Crippen MR) is 135 cm³/mol. The summed E-state index contributed by atoms with van der Waals surface area (Å²) in [6, 6.07) is 15.8. The third-order valence-corrected chi connectivity index (χ3v) is 6.78. The molecule has 0 saturated carbocycles. The van der Waals surface area contributed by atoms with Crippen LogP contribution in [0.1, 0.15) is 31.9 Å². The van der Waals surface area contributed by atoms with Crippen molar-refractivity contribution < 1.29 is 19.0 Å². The second-order valence-electron chi connectivity index (χ2n) is 7.63. The molecule has 7 nitrogen and oxygen atoms in total. The van der Waals surface area contributed by atoms with Crippen LogP contribution in [-0.4, -0.2) is 38.7 Å². The molecular formula is C25H26ClN3O4S. The first-order valence-electron chi connectivity index (χ1n) is 10.5. The lowest BCUT2D eigenvalue weighted by molar-refractivity contribution is 0.102. The number of amides is 1. The van der Waals surface area contributed by atoms with Crippen LogP contribution in [0.15, 0.2) is 42.5 Å². The molecule has 1 aliphatic heterocycles. The van der Waals surface area contributed by atoms with Gasteiger partial charge in [-0.15, -0.1) is 23.7 Å². The van der Waals surface area contributed by atoms with E-state index in [4.69, 9.17) is 14.2 Å². The monoisotopic (exact) mass is 499 g/mol. The molecule has 1 aliphatic rings. The zero-order valence-electron chi connectivity index (χ0n) is 19.2. The summed E-state index contributed by atoms with van der Waals surface area (Å²) in [6.07, 6.45) is 0.779. The quantitative estimate of drug-likeness (QED) is 0.499. The van der Waals surface area contributed by atoms with Crippen LogP contribution in [0.5, 0.6) is 17.2 Å². The average Bonchev–Trinajstić information content (AvgIpc) is 3.19. The Kier molecular flexibility index (Phi) is 8.40. The number of carbonyl (C=O) groups is 1. The van der Waals surface area contributed by atoms with E-state index in [9.17, 15) is 10.1 Å². The molecule has 0 radical (unpaired) electrons. The molecule has 9 heteroatoms. The molecule has 1 aromatic heterocycles. The zero-order valence-corrected chi connectivity index (χ0v) is 20.8. The number of hydrogen-bond donors (Lipinski definition) is 1. The van der Waals surface area contributed by atoms with Crippen molar-refractivity contribution in [2.24, 2.45) is 0 Å². The number of nitriles is 1. The minimum Gasteiger partial charge on any atom is -0.493 e. The fraction of sp³-hybridized carbons (Fsp3) is 0.280. The van der Waals surface area contributed by atoms with Gasteiger partial charge >= 0.3 is 0 Å². The molecule has 0 spiro atoms. The number of anilines is 1. The number of methoxy groups -OCH3 is 3. The maximum absolute atomic E-state index is 13.1. The molecule has 2 heterocycles. The maximum Gasteiger partial charge on any atom is 0.256 e. The molecule has 1 N–H and O–H groups in total. The Labute approximate surface area is 209 Å². The SMILES string of the molecule is COc1cc(C(=O)Nc2sc3c(c2C#N)CCN(Cc2ccccc2)C3)cc(OC)c1OC.Cl. The molecule has 4 rings (SSSR count). The Morgan fingerprint density at radius 1 is 1.12 bits per heavy atom. The largest absolute Gasteiger partial charge is 0.493 e. The molecule has 0 atom stereocenters. The zero-order chi connectivity index (χ0) is 23.4. The summed E-state index contributed by atoms with van der Waals surface area (Å²) in [4.78, 5) is 16.5. The smallest absolute Gasteiger partial charge is 0.256 e. The maximum atomic E-state index is 13.1. The van der Waals surface area contributed by atoms with Crippen LogP contribution in [0.4, 0.5) is 5.00 Å². The van der Waals surface area contributed by atoms with Gasteiger partial charge in [-0.2, -0.15) is 5.26 Å². The molecule has 34 heavy (non-hydrogen) atoms. The molecule has 0 fully saturated rings. The van der Waals surface area contributed by atoms with Crippen molar-refractivity contribution in [3.8, 4) is 23.3 Å². The molecule has 3 aromatic rings. The molecular weight excluding hydrogens is 474 g/mol. The molecule has 0 saturated heterocycles. The third-order valence-electron chi connectivity index (χ3n) is 5.65. The van der Waals surface area contributed by atoms with E-state index in [2.05, 4.69) is 28.4 Å². The Morgan fingerprint density at radius 3 is 2.38 bits per heavy atom. The van der Waals surface area contributed by atoms with Gasteiger partial charge < -0.3 is 19.5 Å². The van der Waals surface area contributed by atoms with Gasteiger partial charge in [0, 0.05) is 30.1 Å². The van der Waals surface area contributed by atoms with Crippen LogP contribution in [0.3, 0.4) is 0 Å². The number of rotatable bonds is 7. The normalized spacial score (nSPS) is 12.6. The van der Waals surface area contributed by atoms with Crippen molar-refractivity contribution in [1.29, 1.82) is 5.26 Å². The summed E-state index contributed by atoms with van der Waals surface area (Å²) in [5, 5.41) is 13.3. The highest BCUT2D eigenvalue weighted by atomic mass is 35.5. The van der Waals surface area contributed by atoms with E-state index < -0.39 is 0 Å². The van der Waals surface area contributed by atoms with Crippen molar-refractivity contribution >= 4 is 34.7 Å². The highest BCUT2D eigenvalue weighted by molar-refractivity contribution is 7.16. The molecule has 1 amide bonds. The molecule has 2 aromatic carbocycles. The second-order valence-corrected chi connectivity index (χ2v) is 8.74. The van der Waals surface area contributed by atoms with Crippen LogP contribution in [0, 0.1) is 11.3 Å². The molecule has 0 aliphatic carbocycles. The predicted octanol–water partition coefficient (Wildman–Crippen LogP) is 4.88. The topological polar surface area (TPSA) is 83.8 Å². The first-order chi connectivity index (χ1) is 16.1. The summed E-state index contributed by atoms with van der Waals surface area (Å²) in [5.41, 5.74) is 3.20. The number of halogens is 1. The van der Waals surface area contributed by atoms with Gasteiger partial charge in [-0.1, -0.05) is 30.3 Å². The third kappa shape index (κ3) is 5.12. The Bertz CT molecular complexity index is 1180. The van der Waals surface area contributed by atoms with Gasteiger partial charge in [0.25, 0.3) is 5.91 Å². The number of benzene rings is 2. The summed E-state index contributed by atoms with van der Waals surface area (Å²) >= 11 is 1.47. The van der Waals surface area contributed by atoms with Gasteiger partial charge in [0.05, 0.1) is 26.9 Å². The Morgan fingerprint density at radius 2 is 1.79 bits per heavy atom. The van der Waals surface area contributed by atoms with E-state index in [0.29, 0.717) is 33.4 Å². The number of carbonyl (C=O) groups excluding carboxylic acids is 1. The summed E-state index contributed by atoms with van der Waals surface area (Å²) < 4.78 is 16.0. The number of hydrogen-bond acceptors (Lipinski definition) is 7. The van der Waals surface area contributed by atoms with Crippen LogP contribution in [0.2, 0.25) is 0 Å². The van der Waals surface area contributed by atoms with Crippen molar-refractivity contribution in [3.63, 3.8) is 0 Å². The standard InChI is InChI=1S/C25H25N3O4S.ClH/c1-30-20-11-17(12-21(31-2)23(20)32-3)24(29)27-25-19(13-26)18-9-10-28(15-22(18)33-25)14-16-7-5-4-6-8-16;/h4-8,11-12H,9-10,14-15H2,1-3H3,(H,27,29);1H. The van der Waals surface area contributed by atoms with E-state index in [-0.39, 0.29) is 18.3 Å². The fourth-order valence-corrected chi connectivity index (χ4v) is 5.26. The number of nitrogens with one attached hydrogen (secondary N) is 1. The lowest BCUT2D eigenvalue weighted by Crippen LogP contribution is -2.29. The minimum absolute atomic E-state index is 0. The van der Waals surface area contributed by atoms with E-state index in [1.807, 2.05) is 18.2 Å². The molecule has 0 unspecified atom stereocenters. The van der Waals surface area contributed by atoms with Gasteiger partial charge in [-0.05, 0) is 29.7 Å². The molecule has 178 valence electrons. The summed E-state index contributed by atoms with van der Waals surface area (Å²) in [7, 11) is 4.51. The van der Waals surface area contributed by atoms with Gasteiger partial charge in [-0.25, -0.2) is 0 Å². The van der Waals surface area contributed by atoms with Crippen molar-refractivity contribution in [2.45, 2.75) is 19.5 Å². The lowest BCUT2D eigenvalue weighted by atomic mass is 10.0. The van der Waals surface area contributed by atoms with Crippen LogP contribution >= 0.6 is 23.7 Å². The lowest BCUT2D eigenvalue weighted by Gasteiger charge is -2.26. The number of thiophene rings is 1. The first kappa shape index (κ1) is 25.4. The highest BCUT2D eigenvalue weighted by Gasteiger charge is 2.26. The number of ether oxygens (including phenoxy) is 3. The second kappa shape index (κ2) is 11.3. The number of fused-ring (bicyclic) bond motifs is 1. The van der Waals surface area contributed by atoms with Crippen LogP contribution < -0.4 is 19.5 Å². The fourth-order valence-electron chi connectivity index (χ4n) is 4.03. The van der Waals surface area contributed by atoms with Crippen molar-refractivity contribution in [2.75, 3.05) is 33.2 Å². The van der Waals surface area contributed by atoms with Gasteiger partial charge in [0.1, 0.15) is 11.1 Å². The Hall–Kier alpha value is -3.25. The van der Waals surface area contributed by atoms with Gasteiger partial charge in [-0.3, -0.25) is 9.69 Å².